The number of likely N-dealkylation sites (N-methyl/N-ethyl adjacent to an activating group) is 1. The van der Waals surface area contributed by atoms with Crippen LogP contribution in [0.3, 0.4) is 0 Å². The fraction of sp³-hybridized carbons (Fsp3) is 0.471. The number of rotatable bonds is 5. The Labute approximate surface area is 158 Å². The molecule has 0 unspecified atom stereocenters. The van der Waals surface area contributed by atoms with E-state index in [1.165, 1.54) is 0 Å². The minimum Gasteiger partial charge on any atom is -0.461 e. The van der Waals surface area contributed by atoms with Gasteiger partial charge in [0.1, 0.15) is 5.69 Å². The van der Waals surface area contributed by atoms with E-state index in [9.17, 15) is 13.2 Å². The second-order valence-corrected chi connectivity index (χ2v) is 8.47. The first-order valence-electron chi connectivity index (χ1n) is 8.67. The van der Waals surface area contributed by atoms with E-state index in [2.05, 4.69) is 32.3 Å². The van der Waals surface area contributed by atoms with Crippen LogP contribution in [0.15, 0.2) is 23.1 Å². The molecule has 10 heteroatoms. The van der Waals surface area contributed by atoms with Gasteiger partial charge in [0.15, 0.2) is 15.5 Å². The van der Waals surface area contributed by atoms with Gasteiger partial charge in [-0.15, -0.1) is 5.10 Å². The molecule has 2 heterocycles. The van der Waals surface area contributed by atoms with E-state index in [0.717, 1.165) is 38.1 Å². The monoisotopic (exact) mass is 393 g/mol. The molecule has 1 N–H and O–H groups in total. The van der Waals surface area contributed by atoms with Crippen LogP contribution in [0.2, 0.25) is 0 Å². The first-order valence-corrected chi connectivity index (χ1v) is 10.6. The number of hydrogen-bond donors (Lipinski definition) is 1. The van der Waals surface area contributed by atoms with Gasteiger partial charge in [-0.05, 0) is 32.2 Å². The normalized spacial score (nSPS) is 15.7. The summed E-state index contributed by atoms with van der Waals surface area (Å²) in [6.07, 6.45) is 1.14. The zero-order valence-electron chi connectivity index (χ0n) is 15.6. The Balaban J connectivity index is 2.05. The Kier molecular flexibility index (Phi) is 5.47. The zero-order chi connectivity index (χ0) is 19.6. The number of anilines is 1. The smallest absolute Gasteiger partial charge is 0.361 e. The number of nitrogens with zero attached hydrogens (tertiary/aromatic N) is 4. The van der Waals surface area contributed by atoms with Gasteiger partial charge in [0.25, 0.3) is 0 Å². The third-order valence-corrected chi connectivity index (χ3v) is 5.64. The van der Waals surface area contributed by atoms with E-state index < -0.39 is 15.8 Å². The van der Waals surface area contributed by atoms with Crippen molar-refractivity contribution < 1.29 is 17.9 Å². The fourth-order valence-electron chi connectivity index (χ4n) is 3.04. The number of esters is 1. The number of carbonyl (C=O) groups excluding carboxylic acids is 1. The van der Waals surface area contributed by atoms with Crippen LogP contribution < -0.4 is 4.90 Å². The van der Waals surface area contributed by atoms with Crippen molar-refractivity contribution >= 4 is 21.5 Å². The van der Waals surface area contributed by atoms with Crippen molar-refractivity contribution in [2.24, 2.45) is 0 Å². The molecule has 146 valence electrons. The molecule has 27 heavy (non-hydrogen) atoms. The molecule has 3 rings (SSSR count). The molecular formula is C17H23N5O4S. The first kappa shape index (κ1) is 19.3. The highest BCUT2D eigenvalue weighted by Gasteiger charge is 2.25. The second-order valence-electron chi connectivity index (χ2n) is 6.48. The maximum Gasteiger partial charge on any atom is 0.361 e. The van der Waals surface area contributed by atoms with Crippen LogP contribution in [0, 0.1) is 0 Å². The van der Waals surface area contributed by atoms with Crippen LogP contribution >= 0.6 is 0 Å². The topological polar surface area (TPSA) is 108 Å². The Morgan fingerprint density at radius 3 is 2.56 bits per heavy atom. The maximum atomic E-state index is 12.4. The van der Waals surface area contributed by atoms with Gasteiger partial charge >= 0.3 is 5.97 Å². The minimum absolute atomic E-state index is 0.0332. The average molecular weight is 393 g/mol. The summed E-state index contributed by atoms with van der Waals surface area (Å²) >= 11 is 0. The van der Waals surface area contributed by atoms with Gasteiger partial charge in [-0.3, -0.25) is 0 Å². The third kappa shape index (κ3) is 4.11. The Morgan fingerprint density at radius 2 is 1.93 bits per heavy atom. The number of aromatic nitrogens is 3. The summed E-state index contributed by atoms with van der Waals surface area (Å²) in [7, 11) is -1.50. The molecule has 0 bridgehead atoms. The summed E-state index contributed by atoms with van der Waals surface area (Å²) in [4.78, 5) is 16.6. The number of piperazine rings is 1. The largest absolute Gasteiger partial charge is 0.461 e. The van der Waals surface area contributed by atoms with Crippen molar-refractivity contribution in [1.82, 2.24) is 20.3 Å². The maximum absolute atomic E-state index is 12.4. The van der Waals surface area contributed by atoms with Crippen LogP contribution in [0.1, 0.15) is 17.4 Å². The van der Waals surface area contributed by atoms with Crippen LogP contribution in [0.5, 0.6) is 0 Å². The predicted molar refractivity (Wildman–Crippen MR) is 101 cm³/mol. The highest BCUT2D eigenvalue weighted by atomic mass is 32.2. The van der Waals surface area contributed by atoms with Gasteiger partial charge in [-0.2, -0.15) is 10.3 Å². The van der Waals surface area contributed by atoms with E-state index in [-0.39, 0.29) is 22.9 Å². The van der Waals surface area contributed by atoms with Gasteiger partial charge in [-0.25, -0.2) is 13.2 Å². The molecule has 9 nitrogen and oxygen atoms in total. The van der Waals surface area contributed by atoms with Gasteiger partial charge in [-0.1, -0.05) is 0 Å². The Bertz CT molecular complexity index is 933. The summed E-state index contributed by atoms with van der Waals surface area (Å²) in [5, 5.41) is 10.2. The standard InChI is InChI=1S/C17H23N5O4S/c1-4-26-17(23)16-15(18-20-19-16)13-6-5-12(11-14(13)27(3,24)25)22-9-7-21(2)8-10-22/h5-6,11H,4,7-10H2,1-3H3,(H,18,19,20). The van der Waals surface area contributed by atoms with Gasteiger partial charge < -0.3 is 14.5 Å². The number of carbonyl (C=O) groups is 1. The molecule has 0 radical (unpaired) electrons. The number of sulfone groups is 1. The minimum atomic E-state index is -3.56. The highest BCUT2D eigenvalue weighted by molar-refractivity contribution is 7.90. The van der Waals surface area contributed by atoms with E-state index in [1.54, 1.807) is 19.1 Å². The van der Waals surface area contributed by atoms with Gasteiger partial charge in [0.05, 0.1) is 11.5 Å². The van der Waals surface area contributed by atoms with Gasteiger partial charge in [0.2, 0.25) is 0 Å². The lowest BCUT2D eigenvalue weighted by atomic mass is 10.1. The Morgan fingerprint density at radius 1 is 1.22 bits per heavy atom. The predicted octanol–water partition coefficient (Wildman–Crippen LogP) is 0.804. The lowest BCUT2D eigenvalue weighted by Gasteiger charge is -2.34. The molecule has 1 aromatic carbocycles. The molecule has 0 amide bonds. The molecule has 1 aromatic heterocycles. The first-order chi connectivity index (χ1) is 12.8. The van der Waals surface area contributed by atoms with Crippen molar-refractivity contribution in [2.75, 3.05) is 51.0 Å². The van der Waals surface area contributed by atoms with Crippen molar-refractivity contribution in [1.29, 1.82) is 0 Å². The quantitative estimate of drug-likeness (QED) is 0.743. The van der Waals surface area contributed by atoms with E-state index in [0.29, 0.717) is 5.56 Å². The SMILES string of the molecule is CCOC(=O)c1n[nH]nc1-c1ccc(N2CCN(C)CC2)cc1S(C)(=O)=O. The van der Waals surface area contributed by atoms with E-state index in [1.807, 2.05) is 6.07 Å². The highest BCUT2D eigenvalue weighted by Crippen LogP contribution is 2.32. The number of hydrogen-bond acceptors (Lipinski definition) is 8. The van der Waals surface area contributed by atoms with Crippen LogP contribution in [0.25, 0.3) is 11.3 Å². The Hall–Kier alpha value is -2.46. The summed E-state index contributed by atoms with van der Waals surface area (Å²) in [6.45, 7) is 5.32. The molecule has 1 saturated heterocycles. The fourth-order valence-corrected chi connectivity index (χ4v) is 3.93. The number of H-pyrrole nitrogens is 1. The molecule has 0 saturated carbocycles. The van der Waals surface area contributed by atoms with E-state index >= 15 is 0 Å². The second kappa shape index (κ2) is 7.65. The number of benzene rings is 1. The number of aromatic amines is 1. The third-order valence-electron chi connectivity index (χ3n) is 4.50. The van der Waals surface area contributed by atoms with Crippen molar-refractivity contribution in [3.8, 4) is 11.3 Å². The van der Waals surface area contributed by atoms with Crippen LogP contribution in [0.4, 0.5) is 5.69 Å². The number of ether oxygens (including phenoxy) is 1. The molecule has 1 aliphatic heterocycles. The zero-order valence-corrected chi connectivity index (χ0v) is 16.4. The van der Waals surface area contributed by atoms with Gasteiger partial charge in [0, 0.05) is 43.7 Å². The summed E-state index contributed by atoms with van der Waals surface area (Å²) in [5.41, 5.74) is 1.29. The van der Waals surface area contributed by atoms with Crippen molar-refractivity contribution in [3.05, 3.63) is 23.9 Å². The van der Waals surface area contributed by atoms with E-state index in [4.69, 9.17) is 4.74 Å². The molecule has 2 aromatic rings. The summed E-state index contributed by atoms with van der Waals surface area (Å²) < 4.78 is 29.9. The molecular weight excluding hydrogens is 370 g/mol. The van der Waals surface area contributed by atoms with Crippen LogP contribution in [-0.2, 0) is 14.6 Å². The van der Waals surface area contributed by atoms with Crippen molar-refractivity contribution in [2.45, 2.75) is 11.8 Å². The molecule has 1 fully saturated rings. The molecule has 0 aliphatic carbocycles. The summed E-state index contributed by atoms with van der Waals surface area (Å²) in [5.74, 6) is -0.649. The lowest BCUT2D eigenvalue weighted by Crippen LogP contribution is -2.44. The average Bonchev–Trinajstić information content (AvgIpc) is 3.11. The molecule has 0 spiro atoms. The number of nitrogens with one attached hydrogen (secondary N) is 1. The summed E-state index contributed by atoms with van der Waals surface area (Å²) in [6, 6.07) is 5.16. The molecule has 0 atom stereocenters. The van der Waals surface area contributed by atoms with Crippen LogP contribution in [-0.4, -0.2) is 80.8 Å². The molecule has 1 aliphatic rings. The lowest BCUT2D eigenvalue weighted by molar-refractivity contribution is 0.0520. The van der Waals surface area contributed by atoms with Crippen molar-refractivity contribution in [3.63, 3.8) is 0 Å².